The first-order chi connectivity index (χ1) is 9.83. The van der Waals surface area contributed by atoms with Gasteiger partial charge in [-0.1, -0.05) is 0 Å². The minimum absolute atomic E-state index is 0.269. The van der Waals surface area contributed by atoms with E-state index in [1.165, 1.54) is 6.42 Å². The van der Waals surface area contributed by atoms with Crippen LogP contribution in [0.25, 0.3) is 5.69 Å². The zero-order valence-electron chi connectivity index (χ0n) is 11.7. The zero-order chi connectivity index (χ0) is 13.9. The van der Waals surface area contributed by atoms with Crippen molar-refractivity contribution < 1.29 is 9.47 Å². The summed E-state index contributed by atoms with van der Waals surface area (Å²) in [7, 11) is 3.26. The Morgan fingerprint density at radius 3 is 2.80 bits per heavy atom. The van der Waals surface area contributed by atoms with Crippen molar-refractivity contribution in [3.05, 3.63) is 30.4 Å². The average molecular weight is 274 g/mol. The molecule has 2 heterocycles. The molecule has 0 aliphatic carbocycles. The second kappa shape index (κ2) is 5.50. The number of methoxy groups -OCH3 is 2. The highest BCUT2D eigenvalue weighted by Gasteiger charge is 2.22. The Labute approximate surface area is 117 Å². The highest BCUT2D eigenvalue weighted by Crippen LogP contribution is 2.30. The molecule has 0 saturated carbocycles. The highest BCUT2D eigenvalue weighted by molar-refractivity contribution is 5.49. The van der Waals surface area contributed by atoms with E-state index >= 15 is 0 Å². The summed E-state index contributed by atoms with van der Waals surface area (Å²) >= 11 is 0. The number of nitrogens with one attached hydrogen (secondary N) is 1. The van der Waals surface area contributed by atoms with Gasteiger partial charge in [0.1, 0.15) is 6.33 Å². The molecule has 6 nitrogen and oxygen atoms in total. The number of hydrogen-bond acceptors (Lipinski definition) is 5. The van der Waals surface area contributed by atoms with E-state index in [-0.39, 0.29) is 6.04 Å². The van der Waals surface area contributed by atoms with Crippen LogP contribution in [0.4, 0.5) is 0 Å². The van der Waals surface area contributed by atoms with Gasteiger partial charge in [0.05, 0.1) is 25.9 Å². The largest absolute Gasteiger partial charge is 0.493 e. The third-order valence-corrected chi connectivity index (χ3v) is 3.59. The lowest BCUT2D eigenvalue weighted by atomic mass is 10.2. The fraction of sp³-hybridized carbons (Fsp3) is 0.429. The van der Waals surface area contributed by atoms with Crippen LogP contribution >= 0.6 is 0 Å². The van der Waals surface area contributed by atoms with Crippen molar-refractivity contribution in [1.29, 1.82) is 0 Å². The first-order valence-electron chi connectivity index (χ1n) is 6.69. The molecule has 1 unspecified atom stereocenters. The van der Waals surface area contributed by atoms with E-state index in [0.717, 1.165) is 24.5 Å². The van der Waals surface area contributed by atoms with Gasteiger partial charge in [-0.2, -0.15) is 0 Å². The van der Waals surface area contributed by atoms with E-state index in [1.54, 1.807) is 20.5 Å². The van der Waals surface area contributed by atoms with Crippen molar-refractivity contribution in [3.8, 4) is 17.2 Å². The molecule has 0 radical (unpaired) electrons. The molecule has 20 heavy (non-hydrogen) atoms. The van der Waals surface area contributed by atoms with E-state index < -0.39 is 0 Å². The first-order valence-corrected chi connectivity index (χ1v) is 6.69. The predicted octanol–water partition coefficient (Wildman–Crippen LogP) is 1.71. The summed E-state index contributed by atoms with van der Waals surface area (Å²) in [5.74, 6) is 2.35. The summed E-state index contributed by atoms with van der Waals surface area (Å²) in [5, 5.41) is 11.7. The molecule has 1 fully saturated rings. The molecule has 1 aliphatic rings. The molecule has 1 saturated heterocycles. The maximum atomic E-state index is 5.35. The Bertz CT molecular complexity index is 591. The molecular weight excluding hydrogens is 256 g/mol. The summed E-state index contributed by atoms with van der Waals surface area (Å²) < 4.78 is 12.6. The minimum Gasteiger partial charge on any atom is -0.493 e. The molecule has 0 bridgehead atoms. The zero-order valence-corrected chi connectivity index (χ0v) is 11.7. The van der Waals surface area contributed by atoms with Crippen LogP contribution in [0, 0.1) is 0 Å². The van der Waals surface area contributed by atoms with Crippen LogP contribution < -0.4 is 14.8 Å². The molecule has 1 N–H and O–H groups in total. The predicted molar refractivity (Wildman–Crippen MR) is 74.4 cm³/mol. The standard InChI is InChI=1S/C14H18N4O2/c1-19-12-6-5-10(8-13(12)20-2)18-9-16-17-14(18)11-4-3-7-15-11/h5-6,8-9,11,15H,3-4,7H2,1-2H3. The van der Waals surface area contributed by atoms with Gasteiger partial charge in [-0.25, -0.2) is 0 Å². The van der Waals surface area contributed by atoms with Crippen molar-refractivity contribution in [2.45, 2.75) is 18.9 Å². The molecule has 106 valence electrons. The molecule has 1 aliphatic heterocycles. The van der Waals surface area contributed by atoms with Crippen molar-refractivity contribution >= 4 is 0 Å². The molecule has 3 rings (SSSR count). The second-order valence-corrected chi connectivity index (χ2v) is 4.75. The van der Waals surface area contributed by atoms with Crippen molar-refractivity contribution in [2.75, 3.05) is 20.8 Å². The van der Waals surface area contributed by atoms with Gasteiger partial charge in [0.25, 0.3) is 0 Å². The SMILES string of the molecule is COc1ccc(-n2cnnc2C2CCCN2)cc1OC. The smallest absolute Gasteiger partial charge is 0.162 e. The lowest BCUT2D eigenvalue weighted by Gasteiger charge is -2.14. The summed E-state index contributed by atoms with van der Waals surface area (Å²) in [6.45, 7) is 1.03. The van der Waals surface area contributed by atoms with Crippen LogP contribution in [0.2, 0.25) is 0 Å². The van der Waals surface area contributed by atoms with Crippen LogP contribution in [0.3, 0.4) is 0 Å². The van der Waals surface area contributed by atoms with Crippen molar-refractivity contribution in [2.24, 2.45) is 0 Å². The molecule has 1 aromatic carbocycles. The monoisotopic (exact) mass is 274 g/mol. The second-order valence-electron chi connectivity index (χ2n) is 4.75. The van der Waals surface area contributed by atoms with Gasteiger partial charge < -0.3 is 14.8 Å². The third-order valence-electron chi connectivity index (χ3n) is 3.59. The molecule has 6 heteroatoms. The maximum Gasteiger partial charge on any atom is 0.162 e. The number of nitrogens with zero attached hydrogens (tertiary/aromatic N) is 3. The highest BCUT2D eigenvalue weighted by atomic mass is 16.5. The van der Waals surface area contributed by atoms with Gasteiger partial charge in [0.2, 0.25) is 0 Å². The Balaban J connectivity index is 1.99. The molecule has 2 aromatic rings. The van der Waals surface area contributed by atoms with Gasteiger partial charge in [-0.3, -0.25) is 4.57 Å². The summed E-state index contributed by atoms with van der Waals surface area (Å²) in [6.07, 6.45) is 3.99. The third kappa shape index (κ3) is 2.22. The van der Waals surface area contributed by atoms with Crippen LogP contribution in [0.5, 0.6) is 11.5 Å². The van der Waals surface area contributed by atoms with Crippen LogP contribution in [-0.4, -0.2) is 35.5 Å². The van der Waals surface area contributed by atoms with Crippen LogP contribution in [0.1, 0.15) is 24.7 Å². The molecule has 1 aromatic heterocycles. The van der Waals surface area contributed by atoms with E-state index in [0.29, 0.717) is 11.5 Å². The summed E-state index contributed by atoms with van der Waals surface area (Å²) in [5.41, 5.74) is 0.969. The van der Waals surface area contributed by atoms with Crippen LogP contribution in [-0.2, 0) is 0 Å². The average Bonchev–Trinajstić information content (AvgIpc) is 3.16. The number of aromatic nitrogens is 3. The first kappa shape index (κ1) is 12.9. The quantitative estimate of drug-likeness (QED) is 0.919. The van der Waals surface area contributed by atoms with E-state index in [2.05, 4.69) is 15.5 Å². The number of benzene rings is 1. The van der Waals surface area contributed by atoms with Crippen molar-refractivity contribution in [3.63, 3.8) is 0 Å². The van der Waals surface area contributed by atoms with Crippen molar-refractivity contribution in [1.82, 2.24) is 20.1 Å². The lowest BCUT2D eigenvalue weighted by Crippen LogP contribution is -2.17. The fourth-order valence-corrected chi connectivity index (χ4v) is 2.56. The lowest BCUT2D eigenvalue weighted by molar-refractivity contribution is 0.355. The van der Waals surface area contributed by atoms with Crippen LogP contribution in [0.15, 0.2) is 24.5 Å². The molecule has 0 amide bonds. The minimum atomic E-state index is 0.269. The Morgan fingerprint density at radius 1 is 1.25 bits per heavy atom. The van der Waals surface area contributed by atoms with E-state index in [4.69, 9.17) is 9.47 Å². The van der Waals surface area contributed by atoms with Gasteiger partial charge in [0, 0.05) is 6.07 Å². The van der Waals surface area contributed by atoms with Gasteiger partial charge in [-0.05, 0) is 31.5 Å². The molecule has 1 atom stereocenters. The number of ether oxygens (including phenoxy) is 2. The maximum absolute atomic E-state index is 5.35. The topological polar surface area (TPSA) is 61.2 Å². The summed E-state index contributed by atoms with van der Waals surface area (Å²) in [4.78, 5) is 0. The molecular formula is C14H18N4O2. The van der Waals surface area contributed by atoms with Gasteiger partial charge in [-0.15, -0.1) is 10.2 Å². The van der Waals surface area contributed by atoms with Gasteiger partial charge in [0.15, 0.2) is 17.3 Å². The normalized spacial score (nSPS) is 18.2. The Kier molecular flexibility index (Phi) is 3.56. The summed E-state index contributed by atoms with van der Waals surface area (Å²) in [6, 6.07) is 6.06. The molecule has 0 spiro atoms. The van der Waals surface area contributed by atoms with E-state index in [1.807, 2.05) is 22.8 Å². The Hall–Kier alpha value is -2.08. The number of rotatable bonds is 4. The van der Waals surface area contributed by atoms with E-state index in [9.17, 15) is 0 Å². The Morgan fingerprint density at radius 2 is 2.10 bits per heavy atom. The number of hydrogen-bond donors (Lipinski definition) is 1. The fourth-order valence-electron chi connectivity index (χ4n) is 2.56. The van der Waals surface area contributed by atoms with Gasteiger partial charge >= 0.3 is 0 Å².